The predicted octanol–water partition coefficient (Wildman–Crippen LogP) is 2.37. The lowest BCUT2D eigenvalue weighted by Gasteiger charge is -1.99. The molecule has 0 atom stereocenters. The Morgan fingerprint density at radius 2 is 2.29 bits per heavy atom. The van der Waals surface area contributed by atoms with Gasteiger partial charge >= 0.3 is 0 Å². The first kappa shape index (κ1) is 9.15. The molecule has 0 radical (unpaired) electrons. The summed E-state index contributed by atoms with van der Waals surface area (Å²) in [6.07, 6.45) is 3.02. The third-order valence-electron chi connectivity index (χ3n) is 1.81. The Balaban J connectivity index is 2.49. The number of rotatable bonds is 1. The monoisotopic (exact) mass is 211 g/mol. The van der Waals surface area contributed by atoms with Crippen molar-refractivity contribution in [3.05, 3.63) is 41.2 Å². The highest BCUT2D eigenvalue weighted by molar-refractivity contribution is 6.31. The number of aryl methyl sites for hydroxylation is 1. The van der Waals surface area contributed by atoms with Gasteiger partial charge in [0.2, 0.25) is 5.95 Å². The highest BCUT2D eigenvalue weighted by atomic mass is 35.5. The molecule has 0 bridgehead atoms. The van der Waals surface area contributed by atoms with Crippen LogP contribution in [-0.2, 0) is 0 Å². The molecule has 0 spiro atoms. The van der Waals surface area contributed by atoms with Crippen LogP contribution < -0.4 is 0 Å². The quantitative estimate of drug-likeness (QED) is 0.678. The van der Waals surface area contributed by atoms with Gasteiger partial charge in [0.25, 0.3) is 0 Å². The molecule has 0 aliphatic rings. The molecule has 2 aromatic heterocycles. The van der Waals surface area contributed by atoms with Crippen molar-refractivity contribution in [1.29, 1.82) is 0 Å². The number of nitrogens with zero attached hydrogens (tertiary/aromatic N) is 3. The highest BCUT2D eigenvalue weighted by Gasteiger charge is 2.04. The molecule has 2 rings (SSSR count). The maximum Gasteiger partial charge on any atom is 0.214 e. The molecule has 0 amide bonds. The molecule has 0 fully saturated rings. The van der Waals surface area contributed by atoms with Crippen LogP contribution in [0.25, 0.3) is 5.69 Å². The largest absolute Gasteiger partial charge is 0.239 e. The molecule has 72 valence electrons. The van der Waals surface area contributed by atoms with Gasteiger partial charge in [-0.15, -0.1) is 0 Å². The van der Waals surface area contributed by atoms with Gasteiger partial charge in [-0.2, -0.15) is 9.49 Å². The maximum absolute atomic E-state index is 12.8. The van der Waals surface area contributed by atoms with Crippen LogP contribution >= 0.6 is 11.6 Å². The zero-order valence-electron chi connectivity index (χ0n) is 7.41. The minimum Gasteiger partial charge on any atom is -0.239 e. The van der Waals surface area contributed by atoms with Crippen molar-refractivity contribution in [3.8, 4) is 5.69 Å². The minimum absolute atomic E-state index is 0.535. The Kier molecular flexibility index (Phi) is 2.21. The van der Waals surface area contributed by atoms with Crippen LogP contribution in [0.2, 0.25) is 5.02 Å². The summed E-state index contributed by atoms with van der Waals surface area (Å²) in [5, 5.41) is 4.67. The van der Waals surface area contributed by atoms with Crippen molar-refractivity contribution in [2.24, 2.45) is 0 Å². The molecule has 5 heteroatoms. The van der Waals surface area contributed by atoms with Crippen LogP contribution in [0.15, 0.2) is 24.5 Å². The van der Waals surface area contributed by atoms with E-state index in [2.05, 4.69) is 10.1 Å². The summed E-state index contributed by atoms with van der Waals surface area (Å²) in [5.74, 6) is -0.535. The SMILES string of the molecule is Cc1nn(-c2ccnc(F)c2)cc1Cl. The van der Waals surface area contributed by atoms with Crippen LogP contribution in [-0.4, -0.2) is 14.8 Å². The highest BCUT2D eigenvalue weighted by Crippen LogP contribution is 2.15. The van der Waals surface area contributed by atoms with E-state index in [1.807, 2.05) is 0 Å². The lowest BCUT2D eigenvalue weighted by atomic mass is 10.4. The second-order valence-electron chi connectivity index (χ2n) is 2.84. The molecule has 2 heterocycles. The molecule has 3 nitrogen and oxygen atoms in total. The topological polar surface area (TPSA) is 30.7 Å². The molecule has 2 aromatic rings. The normalized spacial score (nSPS) is 10.5. The summed E-state index contributed by atoms with van der Waals surface area (Å²) < 4.78 is 14.3. The molecular formula is C9H7ClFN3. The zero-order chi connectivity index (χ0) is 10.1. The zero-order valence-corrected chi connectivity index (χ0v) is 8.16. The van der Waals surface area contributed by atoms with Gasteiger partial charge in [-0.3, -0.25) is 0 Å². The van der Waals surface area contributed by atoms with Gasteiger partial charge < -0.3 is 0 Å². The maximum atomic E-state index is 12.8. The van der Waals surface area contributed by atoms with Crippen LogP contribution in [0.1, 0.15) is 5.69 Å². The Labute approximate surface area is 85.1 Å². The number of hydrogen-bond acceptors (Lipinski definition) is 2. The van der Waals surface area contributed by atoms with Gasteiger partial charge in [0.05, 0.1) is 16.4 Å². The average molecular weight is 212 g/mol. The van der Waals surface area contributed by atoms with Gasteiger partial charge in [-0.25, -0.2) is 9.67 Å². The van der Waals surface area contributed by atoms with Crippen LogP contribution in [0, 0.1) is 12.9 Å². The van der Waals surface area contributed by atoms with E-state index in [1.165, 1.54) is 16.9 Å². The smallest absolute Gasteiger partial charge is 0.214 e. The Bertz CT molecular complexity index is 447. The molecule has 0 saturated heterocycles. The Hall–Kier alpha value is -1.42. The van der Waals surface area contributed by atoms with Gasteiger partial charge in [-0.05, 0) is 13.0 Å². The average Bonchev–Trinajstić information content (AvgIpc) is 2.47. The van der Waals surface area contributed by atoms with E-state index in [0.717, 1.165) is 0 Å². The van der Waals surface area contributed by atoms with Crippen molar-refractivity contribution >= 4 is 11.6 Å². The fourth-order valence-corrected chi connectivity index (χ4v) is 1.24. The van der Waals surface area contributed by atoms with E-state index in [1.54, 1.807) is 19.2 Å². The van der Waals surface area contributed by atoms with E-state index in [0.29, 0.717) is 16.4 Å². The molecule has 0 aliphatic carbocycles. The molecule has 0 N–H and O–H groups in total. The van der Waals surface area contributed by atoms with Crippen LogP contribution in [0.5, 0.6) is 0 Å². The van der Waals surface area contributed by atoms with Crippen molar-refractivity contribution in [2.75, 3.05) is 0 Å². The second-order valence-corrected chi connectivity index (χ2v) is 3.25. The van der Waals surface area contributed by atoms with Gasteiger partial charge in [0.15, 0.2) is 0 Å². The van der Waals surface area contributed by atoms with E-state index in [4.69, 9.17) is 11.6 Å². The van der Waals surface area contributed by atoms with Gasteiger partial charge in [0, 0.05) is 18.5 Å². The third kappa shape index (κ3) is 1.61. The lowest BCUT2D eigenvalue weighted by molar-refractivity contribution is 0.581. The minimum atomic E-state index is -0.535. The summed E-state index contributed by atoms with van der Waals surface area (Å²) in [7, 11) is 0. The predicted molar refractivity (Wildman–Crippen MR) is 51.1 cm³/mol. The van der Waals surface area contributed by atoms with Crippen molar-refractivity contribution < 1.29 is 4.39 Å². The van der Waals surface area contributed by atoms with E-state index in [-0.39, 0.29) is 0 Å². The number of pyridine rings is 1. The number of aromatic nitrogens is 3. The molecule has 14 heavy (non-hydrogen) atoms. The second kappa shape index (κ2) is 3.38. The molecular weight excluding hydrogens is 205 g/mol. The van der Waals surface area contributed by atoms with E-state index < -0.39 is 5.95 Å². The first-order valence-corrected chi connectivity index (χ1v) is 4.38. The van der Waals surface area contributed by atoms with Crippen LogP contribution in [0.3, 0.4) is 0 Å². The first-order valence-electron chi connectivity index (χ1n) is 4.00. The summed E-state index contributed by atoms with van der Waals surface area (Å²) >= 11 is 5.83. The first-order chi connectivity index (χ1) is 6.66. The fraction of sp³-hybridized carbons (Fsp3) is 0.111. The third-order valence-corrected chi connectivity index (χ3v) is 2.18. The molecule has 0 aliphatic heterocycles. The van der Waals surface area contributed by atoms with Crippen LogP contribution in [0.4, 0.5) is 4.39 Å². The molecule has 0 unspecified atom stereocenters. The number of halogens is 2. The van der Waals surface area contributed by atoms with E-state index in [9.17, 15) is 4.39 Å². The fourth-order valence-electron chi connectivity index (χ4n) is 1.11. The Morgan fingerprint density at radius 1 is 1.50 bits per heavy atom. The summed E-state index contributed by atoms with van der Waals surface area (Å²) in [6, 6.07) is 2.95. The van der Waals surface area contributed by atoms with Gasteiger partial charge in [0.1, 0.15) is 0 Å². The molecule has 0 saturated carbocycles. The lowest BCUT2D eigenvalue weighted by Crippen LogP contribution is -1.96. The van der Waals surface area contributed by atoms with E-state index >= 15 is 0 Å². The number of hydrogen-bond donors (Lipinski definition) is 0. The van der Waals surface area contributed by atoms with Crippen molar-refractivity contribution in [2.45, 2.75) is 6.92 Å². The van der Waals surface area contributed by atoms with Crippen molar-refractivity contribution in [3.63, 3.8) is 0 Å². The summed E-state index contributed by atoms with van der Waals surface area (Å²) in [6.45, 7) is 1.79. The summed E-state index contributed by atoms with van der Waals surface area (Å²) in [4.78, 5) is 3.45. The van der Waals surface area contributed by atoms with Crippen molar-refractivity contribution in [1.82, 2.24) is 14.8 Å². The summed E-state index contributed by atoms with van der Waals surface area (Å²) in [5.41, 5.74) is 1.32. The Morgan fingerprint density at radius 3 is 2.86 bits per heavy atom. The molecule has 0 aromatic carbocycles. The standard InChI is InChI=1S/C9H7ClFN3/c1-6-8(10)5-14(13-6)7-2-3-12-9(11)4-7/h2-5H,1H3. The van der Waals surface area contributed by atoms with Gasteiger partial charge in [-0.1, -0.05) is 11.6 Å².